The molecule has 0 radical (unpaired) electrons. The number of hydrogen-bond donors (Lipinski definition) is 1. The summed E-state index contributed by atoms with van der Waals surface area (Å²) in [7, 11) is 0. The molecule has 0 aromatic heterocycles. The molecule has 2 nitrogen and oxygen atoms in total. The largest absolute Gasteiger partial charge is 0.349 e. The van der Waals surface area contributed by atoms with Crippen molar-refractivity contribution in [3.63, 3.8) is 0 Å². The number of allylic oxidation sites excluding steroid dienone is 1. The molecule has 1 N–H and O–H groups in total. The lowest BCUT2D eigenvalue weighted by Gasteiger charge is -2.11. The normalized spacial score (nSPS) is 16.1. The van der Waals surface area contributed by atoms with Gasteiger partial charge in [0.2, 0.25) is 0 Å². The molecule has 1 aromatic carbocycles. The third-order valence-corrected chi connectivity index (χ3v) is 3.63. The predicted molar refractivity (Wildman–Crippen MR) is 80.1 cm³/mol. The van der Waals surface area contributed by atoms with E-state index in [1.807, 2.05) is 24.3 Å². The summed E-state index contributed by atoms with van der Waals surface area (Å²) >= 11 is 0. The van der Waals surface area contributed by atoms with E-state index in [4.69, 9.17) is 0 Å². The van der Waals surface area contributed by atoms with Crippen LogP contribution in [-0.4, -0.2) is 11.9 Å². The minimum Gasteiger partial charge on any atom is -0.349 e. The molecule has 1 aliphatic rings. The van der Waals surface area contributed by atoms with Crippen LogP contribution in [0.5, 0.6) is 0 Å². The molecular formula is C17H23NO. The van der Waals surface area contributed by atoms with Crippen molar-refractivity contribution in [2.45, 2.75) is 51.5 Å². The highest BCUT2D eigenvalue weighted by Gasteiger charge is 2.17. The van der Waals surface area contributed by atoms with Gasteiger partial charge in [-0.15, -0.1) is 0 Å². The van der Waals surface area contributed by atoms with Crippen LogP contribution in [0.3, 0.4) is 0 Å². The first-order valence-corrected chi connectivity index (χ1v) is 7.37. The molecule has 1 aliphatic carbocycles. The summed E-state index contributed by atoms with van der Waals surface area (Å²) in [5, 5.41) is 3.11. The summed E-state index contributed by atoms with van der Waals surface area (Å²) < 4.78 is 0. The smallest absolute Gasteiger partial charge is 0.251 e. The third-order valence-electron chi connectivity index (χ3n) is 3.63. The van der Waals surface area contributed by atoms with Gasteiger partial charge in [0.05, 0.1) is 0 Å². The molecule has 1 aromatic rings. The van der Waals surface area contributed by atoms with E-state index in [0.29, 0.717) is 6.04 Å². The lowest BCUT2D eigenvalue weighted by atomic mass is 10.1. The summed E-state index contributed by atoms with van der Waals surface area (Å²) in [6.45, 7) is 2.17. The quantitative estimate of drug-likeness (QED) is 0.842. The Morgan fingerprint density at radius 3 is 2.58 bits per heavy atom. The molecule has 0 atom stereocenters. The van der Waals surface area contributed by atoms with Crippen LogP contribution in [0.15, 0.2) is 30.3 Å². The van der Waals surface area contributed by atoms with E-state index in [0.717, 1.165) is 30.4 Å². The monoisotopic (exact) mass is 257 g/mol. The Morgan fingerprint density at radius 2 is 1.95 bits per heavy atom. The van der Waals surface area contributed by atoms with E-state index in [1.165, 1.54) is 19.3 Å². The first-order valence-electron chi connectivity index (χ1n) is 7.37. The van der Waals surface area contributed by atoms with Gasteiger partial charge in [-0.25, -0.2) is 0 Å². The molecule has 102 valence electrons. The molecule has 0 heterocycles. The predicted octanol–water partition coefficient (Wildman–Crippen LogP) is 4.17. The zero-order valence-electron chi connectivity index (χ0n) is 11.7. The molecule has 0 bridgehead atoms. The van der Waals surface area contributed by atoms with Gasteiger partial charge in [-0.05, 0) is 37.0 Å². The molecule has 1 amide bonds. The highest BCUT2D eigenvalue weighted by molar-refractivity contribution is 5.94. The minimum absolute atomic E-state index is 0.0657. The highest BCUT2D eigenvalue weighted by atomic mass is 16.1. The van der Waals surface area contributed by atoms with Crippen molar-refractivity contribution >= 4 is 12.0 Å². The Kier molecular flexibility index (Phi) is 5.20. The van der Waals surface area contributed by atoms with Crippen LogP contribution in [0.2, 0.25) is 0 Å². The molecule has 1 saturated carbocycles. The standard InChI is InChI=1S/C17H23NO/c1-2-3-4-7-14-10-12-15(13-11-14)17(19)18-16-8-5-6-9-16/h4,7,10-13,16H,2-3,5-6,8-9H2,1H3,(H,18,19). The molecule has 0 spiro atoms. The molecule has 2 heteroatoms. The summed E-state index contributed by atoms with van der Waals surface area (Å²) in [4.78, 5) is 12.0. The number of benzene rings is 1. The van der Waals surface area contributed by atoms with Gasteiger partial charge in [-0.2, -0.15) is 0 Å². The van der Waals surface area contributed by atoms with Crippen molar-refractivity contribution in [3.05, 3.63) is 41.5 Å². The van der Waals surface area contributed by atoms with Crippen molar-refractivity contribution in [3.8, 4) is 0 Å². The van der Waals surface area contributed by atoms with Gasteiger partial charge >= 0.3 is 0 Å². The highest BCUT2D eigenvalue weighted by Crippen LogP contribution is 2.18. The van der Waals surface area contributed by atoms with Crippen molar-refractivity contribution < 1.29 is 4.79 Å². The SMILES string of the molecule is CCCC=Cc1ccc(C(=O)NC2CCCC2)cc1. The fourth-order valence-corrected chi connectivity index (χ4v) is 2.47. The number of hydrogen-bond acceptors (Lipinski definition) is 1. The van der Waals surface area contributed by atoms with Crippen LogP contribution in [0.4, 0.5) is 0 Å². The summed E-state index contributed by atoms with van der Waals surface area (Å²) in [6.07, 6.45) is 11.3. The van der Waals surface area contributed by atoms with Crippen LogP contribution in [-0.2, 0) is 0 Å². The second-order valence-corrected chi connectivity index (χ2v) is 5.27. The Morgan fingerprint density at radius 1 is 1.26 bits per heavy atom. The number of carbonyl (C=O) groups excluding carboxylic acids is 1. The van der Waals surface area contributed by atoms with Crippen LogP contribution in [0.25, 0.3) is 6.08 Å². The lowest BCUT2D eigenvalue weighted by molar-refractivity contribution is 0.0938. The van der Waals surface area contributed by atoms with Gasteiger partial charge in [0.25, 0.3) is 5.91 Å². The van der Waals surface area contributed by atoms with Crippen LogP contribution in [0, 0.1) is 0 Å². The summed E-state index contributed by atoms with van der Waals surface area (Å²) in [6, 6.07) is 8.23. The molecular weight excluding hydrogens is 234 g/mol. The van der Waals surface area contributed by atoms with Crippen LogP contribution >= 0.6 is 0 Å². The minimum atomic E-state index is 0.0657. The first kappa shape index (κ1) is 13.9. The van der Waals surface area contributed by atoms with Crippen LogP contribution < -0.4 is 5.32 Å². The van der Waals surface area contributed by atoms with Crippen molar-refractivity contribution in [2.75, 3.05) is 0 Å². The van der Waals surface area contributed by atoms with E-state index in [9.17, 15) is 4.79 Å². The van der Waals surface area contributed by atoms with Crippen molar-refractivity contribution in [1.82, 2.24) is 5.32 Å². The van der Waals surface area contributed by atoms with Crippen LogP contribution in [0.1, 0.15) is 61.4 Å². The zero-order valence-corrected chi connectivity index (χ0v) is 11.7. The van der Waals surface area contributed by atoms with Gasteiger partial charge in [-0.1, -0.05) is 50.5 Å². The topological polar surface area (TPSA) is 29.1 Å². The van der Waals surface area contributed by atoms with Crippen molar-refractivity contribution in [2.24, 2.45) is 0 Å². The number of nitrogens with one attached hydrogen (secondary N) is 1. The number of carbonyl (C=O) groups is 1. The molecule has 2 rings (SSSR count). The first-order chi connectivity index (χ1) is 9.29. The van der Waals surface area contributed by atoms with Gasteiger partial charge in [-0.3, -0.25) is 4.79 Å². The molecule has 0 unspecified atom stereocenters. The number of amides is 1. The zero-order chi connectivity index (χ0) is 13.5. The Bertz CT molecular complexity index is 427. The van der Waals surface area contributed by atoms with E-state index in [2.05, 4.69) is 24.4 Å². The summed E-state index contributed by atoms with van der Waals surface area (Å²) in [5.41, 5.74) is 1.92. The van der Waals surface area contributed by atoms with E-state index < -0.39 is 0 Å². The fraction of sp³-hybridized carbons (Fsp3) is 0.471. The van der Waals surface area contributed by atoms with Crippen molar-refractivity contribution in [1.29, 1.82) is 0 Å². The lowest BCUT2D eigenvalue weighted by Crippen LogP contribution is -2.32. The molecule has 19 heavy (non-hydrogen) atoms. The summed E-state index contributed by atoms with van der Waals surface area (Å²) in [5.74, 6) is 0.0657. The van der Waals surface area contributed by atoms with Gasteiger partial charge < -0.3 is 5.32 Å². The van der Waals surface area contributed by atoms with E-state index >= 15 is 0 Å². The Balaban J connectivity index is 1.91. The molecule has 0 aliphatic heterocycles. The fourth-order valence-electron chi connectivity index (χ4n) is 2.47. The van der Waals surface area contributed by atoms with Gasteiger partial charge in [0.1, 0.15) is 0 Å². The number of unbranched alkanes of at least 4 members (excludes halogenated alkanes) is 1. The van der Waals surface area contributed by atoms with Gasteiger partial charge in [0, 0.05) is 11.6 Å². The average Bonchev–Trinajstić information content (AvgIpc) is 2.93. The molecule has 0 saturated heterocycles. The Labute approximate surface area is 115 Å². The molecule has 1 fully saturated rings. The maximum atomic E-state index is 12.0. The average molecular weight is 257 g/mol. The Hall–Kier alpha value is -1.57. The maximum absolute atomic E-state index is 12.0. The van der Waals surface area contributed by atoms with E-state index in [1.54, 1.807) is 0 Å². The maximum Gasteiger partial charge on any atom is 0.251 e. The third kappa shape index (κ3) is 4.23. The number of rotatable bonds is 5. The second-order valence-electron chi connectivity index (χ2n) is 5.27. The van der Waals surface area contributed by atoms with Gasteiger partial charge in [0.15, 0.2) is 0 Å². The second kappa shape index (κ2) is 7.13. The van der Waals surface area contributed by atoms with E-state index in [-0.39, 0.29) is 5.91 Å².